The zero-order chi connectivity index (χ0) is 18.2. The number of hydrazine groups is 1. The van der Waals surface area contributed by atoms with Gasteiger partial charge in [0.05, 0.1) is 22.6 Å². The number of sulfonamides is 1. The summed E-state index contributed by atoms with van der Waals surface area (Å²) >= 11 is 0. The van der Waals surface area contributed by atoms with Crippen LogP contribution >= 0.6 is 0 Å². The molecule has 0 aromatic heterocycles. The molecule has 8 nitrogen and oxygen atoms in total. The van der Waals surface area contributed by atoms with Crippen molar-refractivity contribution in [2.75, 3.05) is 0 Å². The first-order chi connectivity index (χ1) is 11.8. The van der Waals surface area contributed by atoms with Gasteiger partial charge in [-0.2, -0.15) is 8.42 Å². The summed E-state index contributed by atoms with van der Waals surface area (Å²) in [4.78, 5) is 14.5. The number of nitrogens with two attached hydrogens (primary N) is 1. The molecule has 0 spiro atoms. The summed E-state index contributed by atoms with van der Waals surface area (Å²) in [6.07, 6.45) is 4.24. The maximum atomic E-state index is 12.4. The number of rotatable bonds is 4. The molecular formula is C15H15N3O5S2. The second kappa shape index (κ2) is 6.56. The van der Waals surface area contributed by atoms with Crippen LogP contribution in [-0.2, 0) is 30.9 Å². The average Bonchev–Trinajstić information content (AvgIpc) is 2.80. The van der Waals surface area contributed by atoms with Crippen LogP contribution in [0, 0.1) is 5.92 Å². The molecule has 132 valence electrons. The molecule has 2 unspecified atom stereocenters. The number of benzene rings is 1. The lowest BCUT2D eigenvalue weighted by Gasteiger charge is -2.21. The summed E-state index contributed by atoms with van der Waals surface area (Å²) in [6.45, 7) is 0. The van der Waals surface area contributed by atoms with Gasteiger partial charge in [-0.1, -0.05) is 36.4 Å². The fourth-order valence-corrected chi connectivity index (χ4v) is 4.64. The minimum atomic E-state index is -3.89. The molecule has 1 aliphatic heterocycles. The van der Waals surface area contributed by atoms with Crippen molar-refractivity contribution in [3.8, 4) is 0 Å². The van der Waals surface area contributed by atoms with E-state index < -0.39 is 38.2 Å². The van der Waals surface area contributed by atoms with Gasteiger partial charge in [-0.25, -0.2) is 13.4 Å². The number of fused-ring (bicyclic) bond motifs is 1. The Bertz CT molecular complexity index is 1000. The largest absolute Gasteiger partial charge is 0.319 e. The summed E-state index contributed by atoms with van der Waals surface area (Å²) in [5.74, 6) is -1.94. The Balaban J connectivity index is 1.90. The molecule has 2 aliphatic rings. The van der Waals surface area contributed by atoms with E-state index in [1.807, 2.05) is 0 Å². The topological polar surface area (TPSA) is 127 Å². The number of carbonyl (C=O) groups is 1. The van der Waals surface area contributed by atoms with Gasteiger partial charge in [0, 0.05) is 5.70 Å². The Kier molecular flexibility index (Phi) is 4.60. The molecule has 0 bridgehead atoms. The van der Waals surface area contributed by atoms with Crippen molar-refractivity contribution in [2.24, 2.45) is 11.7 Å². The molecule has 1 aliphatic carbocycles. The van der Waals surface area contributed by atoms with Gasteiger partial charge in [-0.15, -0.1) is 4.83 Å². The molecule has 3 rings (SSSR count). The smallest absolute Gasteiger partial charge is 0.259 e. The summed E-state index contributed by atoms with van der Waals surface area (Å²) < 4.78 is 47.4. The Labute approximate surface area is 146 Å². The monoisotopic (exact) mass is 381 g/mol. The molecule has 0 radical (unpaired) electrons. The second-order valence-corrected chi connectivity index (χ2v) is 8.24. The fourth-order valence-electron chi connectivity index (χ4n) is 2.81. The van der Waals surface area contributed by atoms with Crippen LogP contribution in [0.3, 0.4) is 0 Å². The van der Waals surface area contributed by atoms with Crippen LogP contribution in [0.5, 0.6) is 0 Å². The Morgan fingerprint density at radius 3 is 2.52 bits per heavy atom. The van der Waals surface area contributed by atoms with Gasteiger partial charge in [0.2, 0.25) is 20.3 Å². The number of hydrogen-bond acceptors (Lipinski definition) is 6. The maximum Gasteiger partial charge on any atom is 0.259 e. The fraction of sp³-hybridized carbons (Fsp3) is 0.200. The highest BCUT2D eigenvalue weighted by Gasteiger charge is 2.47. The van der Waals surface area contributed by atoms with Gasteiger partial charge in [-0.05, 0) is 17.7 Å². The lowest BCUT2D eigenvalue weighted by molar-refractivity contribution is -0.129. The molecule has 1 fully saturated rings. The third kappa shape index (κ3) is 3.42. The van der Waals surface area contributed by atoms with Gasteiger partial charge in [0.15, 0.2) is 0 Å². The lowest BCUT2D eigenvalue weighted by Crippen LogP contribution is -2.45. The van der Waals surface area contributed by atoms with E-state index in [9.17, 15) is 21.6 Å². The third-order valence-corrected chi connectivity index (χ3v) is 5.85. The van der Waals surface area contributed by atoms with E-state index in [2.05, 4.69) is 4.83 Å². The summed E-state index contributed by atoms with van der Waals surface area (Å²) in [5, 5.41) is 0.823. The van der Waals surface area contributed by atoms with Crippen LogP contribution in [-0.4, -0.2) is 38.7 Å². The molecule has 25 heavy (non-hydrogen) atoms. The minimum absolute atomic E-state index is 0.0527. The summed E-state index contributed by atoms with van der Waals surface area (Å²) in [6, 6.07) is 7.29. The van der Waals surface area contributed by atoms with Crippen LogP contribution < -0.4 is 10.6 Å². The Hall–Kier alpha value is -2.27. The number of hydrogen-bond donors (Lipinski definition) is 2. The van der Waals surface area contributed by atoms with Gasteiger partial charge >= 0.3 is 0 Å². The standard InChI is InChI=1S/C15H15N3O5S2/c16-14-13-11(7-4-8-12(13)24(20)21)18(15(14)19)17-25(22,23)9-10-5-2-1-3-6-10/h1-8,13-14,17H,9,16H2. The highest BCUT2D eigenvalue weighted by molar-refractivity contribution is 7.88. The summed E-state index contributed by atoms with van der Waals surface area (Å²) in [7, 11) is -6.46. The number of nitrogens with zero attached hydrogens (tertiary/aromatic N) is 1. The normalized spacial score (nSPS) is 22.8. The van der Waals surface area contributed by atoms with E-state index in [0.29, 0.717) is 5.56 Å². The van der Waals surface area contributed by atoms with Crippen LogP contribution in [0.2, 0.25) is 0 Å². The first kappa shape index (κ1) is 17.5. The van der Waals surface area contributed by atoms with E-state index in [4.69, 9.17) is 5.73 Å². The molecule has 3 N–H and O–H groups in total. The van der Waals surface area contributed by atoms with Crippen LogP contribution in [0.25, 0.3) is 0 Å². The van der Waals surface area contributed by atoms with Crippen molar-refractivity contribution >= 4 is 31.1 Å². The van der Waals surface area contributed by atoms with Crippen LogP contribution in [0.1, 0.15) is 5.56 Å². The van der Waals surface area contributed by atoms with E-state index >= 15 is 0 Å². The van der Waals surface area contributed by atoms with Gasteiger partial charge in [-0.3, -0.25) is 4.79 Å². The van der Waals surface area contributed by atoms with Crippen molar-refractivity contribution in [1.29, 1.82) is 0 Å². The molecule has 1 aromatic rings. The minimum Gasteiger partial charge on any atom is -0.319 e. The van der Waals surface area contributed by atoms with E-state index in [1.54, 1.807) is 30.3 Å². The van der Waals surface area contributed by atoms with E-state index in [-0.39, 0.29) is 16.3 Å². The van der Waals surface area contributed by atoms with E-state index in [1.165, 1.54) is 18.2 Å². The highest BCUT2D eigenvalue weighted by Crippen LogP contribution is 2.31. The van der Waals surface area contributed by atoms with Crippen molar-refractivity contribution in [2.45, 2.75) is 11.8 Å². The molecule has 2 atom stereocenters. The number of amides is 1. The number of nitrogens with one attached hydrogen (secondary N) is 1. The predicted molar refractivity (Wildman–Crippen MR) is 91.7 cm³/mol. The maximum absolute atomic E-state index is 12.4. The van der Waals surface area contributed by atoms with Gasteiger partial charge in [0.25, 0.3) is 5.91 Å². The van der Waals surface area contributed by atoms with Gasteiger partial charge < -0.3 is 5.73 Å². The second-order valence-electron chi connectivity index (χ2n) is 5.60. The first-order valence-corrected chi connectivity index (χ1v) is 10.0. The van der Waals surface area contributed by atoms with Crippen molar-refractivity contribution in [3.05, 3.63) is 59.8 Å². The van der Waals surface area contributed by atoms with Crippen molar-refractivity contribution < 1.29 is 21.6 Å². The molecular weight excluding hydrogens is 366 g/mol. The molecule has 1 saturated heterocycles. The highest BCUT2D eigenvalue weighted by atomic mass is 32.2. The predicted octanol–water partition coefficient (Wildman–Crippen LogP) is -0.688. The lowest BCUT2D eigenvalue weighted by atomic mass is 9.93. The number of allylic oxidation sites excluding steroid dienone is 3. The number of carbonyl (C=O) groups excluding carboxylic acids is 1. The zero-order valence-electron chi connectivity index (χ0n) is 12.9. The van der Waals surface area contributed by atoms with Gasteiger partial charge in [0.1, 0.15) is 0 Å². The summed E-state index contributed by atoms with van der Waals surface area (Å²) in [5.41, 5.74) is 6.57. The molecule has 1 amide bonds. The third-order valence-electron chi connectivity index (χ3n) is 3.90. The zero-order valence-corrected chi connectivity index (χ0v) is 14.5. The SMILES string of the molecule is NC1C(=O)N(NS(=O)(=O)Cc2ccccc2)C2=CC=CC(=S(=O)=O)C21. The quantitative estimate of drug-likeness (QED) is 0.665. The molecule has 1 aromatic carbocycles. The molecule has 0 saturated carbocycles. The molecule has 10 heteroatoms. The Morgan fingerprint density at radius 1 is 1.20 bits per heavy atom. The Morgan fingerprint density at radius 2 is 1.88 bits per heavy atom. The van der Waals surface area contributed by atoms with Crippen molar-refractivity contribution in [3.63, 3.8) is 0 Å². The van der Waals surface area contributed by atoms with E-state index in [0.717, 1.165) is 5.01 Å². The average molecular weight is 381 g/mol. The first-order valence-electron chi connectivity index (χ1n) is 7.28. The van der Waals surface area contributed by atoms with Crippen LogP contribution in [0.4, 0.5) is 0 Å². The molecule has 1 heterocycles. The van der Waals surface area contributed by atoms with Crippen molar-refractivity contribution in [1.82, 2.24) is 9.84 Å². The van der Waals surface area contributed by atoms with Crippen LogP contribution in [0.15, 0.2) is 54.3 Å².